The summed E-state index contributed by atoms with van der Waals surface area (Å²) in [4.78, 5) is 0. The summed E-state index contributed by atoms with van der Waals surface area (Å²) in [5.41, 5.74) is 7.07. The number of methoxy groups -OCH3 is 1. The van der Waals surface area contributed by atoms with Crippen LogP contribution in [0, 0.1) is 0 Å². The zero-order valence-electron chi connectivity index (χ0n) is 8.64. The van der Waals surface area contributed by atoms with E-state index in [1.807, 2.05) is 6.92 Å². The summed E-state index contributed by atoms with van der Waals surface area (Å²) in [7, 11) is 1.64. The van der Waals surface area contributed by atoms with Crippen molar-refractivity contribution in [3.8, 4) is 0 Å². The van der Waals surface area contributed by atoms with Gasteiger partial charge in [0.15, 0.2) is 0 Å². The third kappa shape index (κ3) is 4.48. The molecule has 3 nitrogen and oxygen atoms in total. The van der Waals surface area contributed by atoms with Crippen LogP contribution in [0.15, 0.2) is 35.1 Å². The van der Waals surface area contributed by atoms with Gasteiger partial charge in [0.05, 0.1) is 6.10 Å². The highest BCUT2D eigenvalue weighted by atomic mass is 79.9. The molecule has 3 N–H and O–H groups in total. The molecule has 0 aromatic heterocycles. The number of halogens is 1. The average Bonchev–Trinajstić information content (AvgIpc) is 2.22. The number of allylic oxidation sites excluding steroid dienone is 1. The molecule has 0 radical (unpaired) electrons. The lowest BCUT2D eigenvalue weighted by atomic mass is 10.3. The van der Waals surface area contributed by atoms with Crippen LogP contribution in [-0.2, 0) is 4.74 Å². The van der Waals surface area contributed by atoms with Crippen LogP contribution in [-0.4, -0.2) is 19.8 Å². The van der Waals surface area contributed by atoms with Gasteiger partial charge in [-0.3, -0.25) is 0 Å². The molecule has 0 saturated heterocycles. The van der Waals surface area contributed by atoms with Crippen molar-refractivity contribution >= 4 is 15.9 Å². The molecule has 0 aromatic carbocycles. The van der Waals surface area contributed by atoms with Crippen LogP contribution in [0.25, 0.3) is 0 Å². The van der Waals surface area contributed by atoms with Gasteiger partial charge in [-0.2, -0.15) is 0 Å². The molecule has 4 heteroatoms. The lowest BCUT2D eigenvalue weighted by Crippen LogP contribution is -2.24. The first-order valence-electron chi connectivity index (χ1n) is 4.25. The molecule has 0 aromatic rings. The summed E-state index contributed by atoms with van der Waals surface area (Å²) in [6, 6.07) is 0. The van der Waals surface area contributed by atoms with Crippen LogP contribution in [0.4, 0.5) is 0 Å². The van der Waals surface area contributed by atoms with E-state index in [1.54, 1.807) is 13.2 Å². The second-order valence-electron chi connectivity index (χ2n) is 2.82. The van der Waals surface area contributed by atoms with E-state index in [4.69, 9.17) is 10.5 Å². The molecule has 80 valence electrons. The number of rotatable bonds is 6. The average molecular weight is 261 g/mol. The minimum Gasteiger partial charge on any atom is -0.398 e. The molecule has 0 aliphatic carbocycles. The molecule has 0 amide bonds. The lowest BCUT2D eigenvalue weighted by Gasteiger charge is -2.15. The number of ether oxygens (including phenoxy) is 1. The smallest absolute Gasteiger partial charge is 0.0931 e. The molecule has 0 unspecified atom stereocenters. The van der Waals surface area contributed by atoms with E-state index in [1.165, 1.54) is 0 Å². The summed E-state index contributed by atoms with van der Waals surface area (Å²) in [6.07, 6.45) is 1.58. The van der Waals surface area contributed by atoms with Crippen LogP contribution in [0.3, 0.4) is 0 Å². The molecule has 0 saturated carbocycles. The summed E-state index contributed by atoms with van der Waals surface area (Å²) >= 11 is 3.34. The predicted octanol–water partition coefficient (Wildman–Crippen LogP) is 1.88. The second-order valence-corrected chi connectivity index (χ2v) is 3.78. The van der Waals surface area contributed by atoms with E-state index < -0.39 is 0 Å². The van der Waals surface area contributed by atoms with Gasteiger partial charge in [-0.1, -0.05) is 29.1 Å². The molecule has 0 aliphatic heterocycles. The predicted molar refractivity (Wildman–Crippen MR) is 64.0 cm³/mol. The Morgan fingerprint density at radius 3 is 2.71 bits per heavy atom. The topological polar surface area (TPSA) is 47.3 Å². The summed E-state index contributed by atoms with van der Waals surface area (Å²) in [5, 5.41) is 3.10. The standard InChI is InChI=1S/C10H17BrN2O/c1-5-10(12)9(11)6-13-7(2)8(3)14-4/h5,8,13H,1-2,6,12H2,3-4H3/t8-/m0/s1. The summed E-state index contributed by atoms with van der Waals surface area (Å²) in [5.74, 6) is 0. The van der Waals surface area contributed by atoms with Crippen molar-refractivity contribution in [1.82, 2.24) is 5.32 Å². The maximum Gasteiger partial charge on any atom is 0.0931 e. The highest BCUT2D eigenvalue weighted by Crippen LogP contribution is 2.08. The fourth-order valence-corrected chi connectivity index (χ4v) is 0.992. The van der Waals surface area contributed by atoms with Crippen LogP contribution in [0.5, 0.6) is 0 Å². The Bertz CT molecular complexity index is 249. The first-order valence-corrected chi connectivity index (χ1v) is 5.04. The quantitative estimate of drug-likeness (QED) is 0.717. The Morgan fingerprint density at radius 1 is 1.71 bits per heavy atom. The first kappa shape index (κ1) is 13.3. The van der Waals surface area contributed by atoms with E-state index in [0.717, 1.165) is 10.2 Å². The molecule has 1 atom stereocenters. The van der Waals surface area contributed by atoms with Gasteiger partial charge in [-0.05, 0) is 13.0 Å². The molecule has 0 bridgehead atoms. The third-order valence-corrected chi connectivity index (χ3v) is 2.59. The van der Waals surface area contributed by atoms with Crippen LogP contribution >= 0.6 is 15.9 Å². The summed E-state index contributed by atoms with van der Waals surface area (Å²) < 4.78 is 5.94. The largest absolute Gasteiger partial charge is 0.398 e. The fourth-order valence-electron chi connectivity index (χ4n) is 0.690. The Kier molecular flexibility index (Phi) is 6.32. The zero-order valence-corrected chi connectivity index (χ0v) is 10.2. The van der Waals surface area contributed by atoms with Gasteiger partial charge in [-0.15, -0.1) is 0 Å². The molecule has 0 heterocycles. The Labute approximate surface area is 93.8 Å². The van der Waals surface area contributed by atoms with Gasteiger partial charge in [0, 0.05) is 29.5 Å². The third-order valence-electron chi connectivity index (χ3n) is 1.85. The maximum absolute atomic E-state index is 5.63. The van der Waals surface area contributed by atoms with Crippen LogP contribution in [0.1, 0.15) is 6.92 Å². The number of hydrogen-bond acceptors (Lipinski definition) is 3. The zero-order chi connectivity index (χ0) is 11.1. The van der Waals surface area contributed by atoms with E-state index in [0.29, 0.717) is 12.2 Å². The van der Waals surface area contributed by atoms with E-state index >= 15 is 0 Å². The Balaban J connectivity index is 4.07. The SMILES string of the molecule is C=CC(N)=C(Br)CNC(=C)[C@H](C)OC. The highest BCUT2D eigenvalue weighted by molar-refractivity contribution is 9.11. The molecular formula is C10H17BrN2O. The second kappa shape index (κ2) is 6.68. The number of nitrogens with two attached hydrogens (primary N) is 1. The lowest BCUT2D eigenvalue weighted by molar-refractivity contribution is 0.142. The maximum atomic E-state index is 5.63. The number of nitrogens with one attached hydrogen (secondary N) is 1. The monoisotopic (exact) mass is 260 g/mol. The van der Waals surface area contributed by atoms with Gasteiger partial charge in [0.1, 0.15) is 0 Å². The van der Waals surface area contributed by atoms with E-state index in [9.17, 15) is 0 Å². The van der Waals surface area contributed by atoms with Crippen LogP contribution in [0.2, 0.25) is 0 Å². The van der Waals surface area contributed by atoms with Crippen molar-refractivity contribution in [2.24, 2.45) is 5.73 Å². The fraction of sp³-hybridized carbons (Fsp3) is 0.400. The van der Waals surface area contributed by atoms with Gasteiger partial charge in [-0.25, -0.2) is 0 Å². The van der Waals surface area contributed by atoms with Gasteiger partial charge < -0.3 is 15.8 Å². The molecule has 0 rings (SSSR count). The van der Waals surface area contributed by atoms with E-state index in [-0.39, 0.29) is 6.10 Å². The Hall–Kier alpha value is -0.740. The minimum absolute atomic E-state index is 0.0137. The molecular weight excluding hydrogens is 244 g/mol. The minimum atomic E-state index is -0.0137. The molecule has 14 heavy (non-hydrogen) atoms. The van der Waals surface area contributed by atoms with Crippen molar-refractivity contribution in [1.29, 1.82) is 0 Å². The van der Waals surface area contributed by atoms with Crippen molar-refractivity contribution < 1.29 is 4.74 Å². The van der Waals surface area contributed by atoms with Gasteiger partial charge in [0.25, 0.3) is 0 Å². The normalized spacial score (nSPS) is 14.2. The van der Waals surface area contributed by atoms with Crippen LogP contribution < -0.4 is 11.1 Å². The first-order chi connectivity index (χ1) is 6.52. The number of hydrogen-bond donors (Lipinski definition) is 2. The van der Waals surface area contributed by atoms with Gasteiger partial charge >= 0.3 is 0 Å². The van der Waals surface area contributed by atoms with E-state index in [2.05, 4.69) is 34.4 Å². The van der Waals surface area contributed by atoms with Crippen molar-refractivity contribution in [2.75, 3.05) is 13.7 Å². The Morgan fingerprint density at radius 2 is 2.29 bits per heavy atom. The van der Waals surface area contributed by atoms with Crippen molar-refractivity contribution in [3.05, 3.63) is 35.1 Å². The van der Waals surface area contributed by atoms with Crippen molar-refractivity contribution in [2.45, 2.75) is 13.0 Å². The molecule has 0 spiro atoms. The highest BCUT2D eigenvalue weighted by Gasteiger charge is 2.04. The van der Waals surface area contributed by atoms with Crippen molar-refractivity contribution in [3.63, 3.8) is 0 Å². The molecule has 0 aliphatic rings. The molecule has 0 fully saturated rings. The van der Waals surface area contributed by atoms with Gasteiger partial charge in [0.2, 0.25) is 0 Å². The summed E-state index contributed by atoms with van der Waals surface area (Å²) in [6.45, 7) is 9.92.